The number of hydrogen-bond donors (Lipinski definition) is 2. The van der Waals surface area contributed by atoms with E-state index in [1.54, 1.807) is 24.3 Å². The molecule has 0 aliphatic carbocycles. The predicted molar refractivity (Wildman–Crippen MR) is 78.0 cm³/mol. The molecule has 0 saturated heterocycles. The maximum atomic E-state index is 12.1. The standard InChI is InChI=1S/C13H10BrClN2O/c14-8-4-1-2-7-11(8)17-13(18)12-9(15)5-3-6-10(12)16/h1-7H,16H2,(H,17,18). The van der Waals surface area contributed by atoms with E-state index in [0.717, 1.165) is 4.47 Å². The minimum Gasteiger partial charge on any atom is -0.398 e. The van der Waals surface area contributed by atoms with Crippen molar-refractivity contribution in [3.05, 3.63) is 57.5 Å². The van der Waals surface area contributed by atoms with Crippen molar-refractivity contribution < 1.29 is 4.79 Å². The molecule has 0 saturated carbocycles. The Morgan fingerprint density at radius 1 is 1.17 bits per heavy atom. The number of nitrogens with one attached hydrogen (secondary N) is 1. The van der Waals surface area contributed by atoms with Gasteiger partial charge in [0.15, 0.2) is 0 Å². The van der Waals surface area contributed by atoms with Crippen molar-refractivity contribution in [3.63, 3.8) is 0 Å². The van der Waals surface area contributed by atoms with Gasteiger partial charge in [-0.05, 0) is 40.2 Å². The number of rotatable bonds is 2. The zero-order valence-corrected chi connectivity index (χ0v) is 11.6. The van der Waals surface area contributed by atoms with E-state index < -0.39 is 0 Å². The van der Waals surface area contributed by atoms with Gasteiger partial charge in [-0.2, -0.15) is 0 Å². The van der Waals surface area contributed by atoms with Crippen LogP contribution in [-0.2, 0) is 0 Å². The lowest BCUT2D eigenvalue weighted by Gasteiger charge is -2.10. The zero-order valence-electron chi connectivity index (χ0n) is 9.28. The quantitative estimate of drug-likeness (QED) is 0.822. The van der Waals surface area contributed by atoms with Crippen LogP contribution in [0.4, 0.5) is 11.4 Å². The molecular weight excluding hydrogens is 316 g/mol. The number of para-hydroxylation sites is 1. The normalized spacial score (nSPS) is 10.1. The van der Waals surface area contributed by atoms with Gasteiger partial charge in [-0.1, -0.05) is 29.8 Å². The Bertz CT molecular complexity index is 581. The Balaban J connectivity index is 2.31. The molecule has 1 amide bonds. The molecule has 0 aliphatic rings. The number of nitrogen functional groups attached to an aromatic ring is 1. The number of anilines is 2. The van der Waals surface area contributed by atoms with Gasteiger partial charge in [0, 0.05) is 10.2 Å². The second-order valence-electron chi connectivity index (χ2n) is 3.64. The van der Waals surface area contributed by atoms with E-state index in [2.05, 4.69) is 21.2 Å². The summed E-state index contributed by atoms with van der Waals surface area (Å²) in [4.78, 5) is 12.1. The van der Waals surface area contributed by atoms with Crippen molar-refractivity contribution in [1.29, 1.82) is 0 Å². The van der Waals surface area contributed by atoms with Gasteiger partial charge in [0.1, 0.15) is 0 Å². The molecule has 3 nitrogen and oxygen atoms in total. The second-order valence-corrected chi connectivity index (χ2v) is 4.90. The van der Waals surface area contributed by atoms with E-state index >= 15 is 0 Å². The molecule has 0 fully saturated rings. The predicted octanol–water partition coefficient (Wildman–Crippen LogP) is 3.94. The highest BCUT2D eigenvalue weighted by molar-refractivity contribution is 9.10. The van der Waals surface area contributed by atoms with Gasteiger partial charge in [0.05, 0.1) is 16.3 Å². The summed E-state index contributed by atoms with van der Waals surface area (Å²) in [5.41, 5.74) is 7.07. The third-order valence-electron chi connectivity index (χ3n) is 2.39. The fraction of sp³-hybridized carbons (Fsp3) is 0. The van der Waals surface area contributed by atoms with Crippen molar-refractivity contribution in [2.45, 2.75) is 0 Å². The summed E-state index contributed by atoms with van der Waals surface area (Å²) in [6, 6.07) is 12.3. The van der Waals surface area contributed by atoms with Gasteiger partial charge < -0.3 is 11.1 Å². The first-order valence-electron chi connectivity index (χ1n) is 5.19. The molecule has 2 rings (SSSR count). The molecule has 0 aliphatic heterocycles. The van der Waals surface area contributed by atoms with Gasteiger partial charge in [-0.25, -0.2) is 0 Å². The summed E-state index contributed by atoms with van der Waals surface area (Å²) >= 11 is 9.33. The van der Waals surface area contributed by atoms with Crippen molar-refractivity contribution in [2.24, 2.45) is 0 Å². The molecule has 5 heteroatoms. The summed E-state index contributed by atoms with van der Waals surface area (Å²) in [7, 11) is 0. The van der Waals surface area contributed by atoms with E-state index in [1.165, 1.54) is 0 Å². The van der Waals surface area contributed by atoms with Crippen LogP contribution in [0.3, 0.4) is 0 Å². The average Bonchev–Trinajstić information content (AvgIpc) is 2.32. The van der Waals surface area contributed by atoms with E-state index in [-0.39, 0.29) is 11.5 Å². The van der Waals surface area contributed by atoms with Crippen molar-refractivity contribution in [2.75, 3.05) is 11.1 Å². The maximum Gasteiger partial charge on any atom is 0.259 e. The number of carbonyl (C=O) groups excluding carboxylic acids is 1. The number of hydrogen-bond acceptors (Lipinski definition) is 2. The lowest BCUT2D eigenvalue weighted by Crippen LogP contribution is -2.14. The molecule has 2 aromatic rings. The topological polar surface area (TPSA) is 55.1 Å². The summed E-state index contributed by atoms with van der Waals surface area (Å²) in [6.07, 6.45) is 0. The van der Waals surface area contributed by atoms with Gasteiger partial charge in [0.2, 0.25) is 0 Å². The van der Waals surface area contributed by atoms with Gasteiger partial charge in [-0.15, -0.1) is 0 Å². The SMILES string of the molecule is Nc1cccc(Cl)c1C(=O)Nc1ccccc1Br. The Kier molecular flexibility index (Phi) is 3.89. The highest BCUT2D eigenvalue weighted by atomic mass is 79.9. The first-order chi connectivity index (χ1) is 8.59. The highest BCUT2D eigenvalue weighted by Gasteiger charge is 2.14. The van der Waals surface area contributed by atoms with Gasteiger partial charge >= 0.3 is 0 Å². The number of halogens is 2. The van der Waals surface area contributed by atoms with E-state index in [9.17, 15) is 4.79 Å². The van der Waals surface area contributed by atoms with Crippen LogP contribution >= 0.6 is 27.5 Å². The lowest BCUT2D eigenvalue weighted by atomic mass is 10.1. The van der Waals surface area contributed by atoms with Crippen LogP contribution in [0.5, 0.6) is 0 Å². The largest absolute Gasteiger partial charge is 0.398 e. The van der Waals surface area contributed by atoms with Gasteiger partial charge in [-0.3, -0.25) is 4.79 Å². The van der Waals surface area contributed by atoms with Crippen molar-refractivity contribution in [3.8, 4) is 0 Å². The Morgan fingerprint density at radius 2 is 1.89 bits per heavy atom. The van der Waals surface area contributed by atoms with Crippen LogP contribution < -0.4 is 11.1 Å². The molecule has 0 radical (unpaired) electrons. The minimum absolute atomic E-state index is 0.287. The molecule has 0 aromatic heterocycles. The van der Waals surface area contributed by atoms with Crippen LogP contribution in [0.2, 0.25) is 5.02 Å². The van der Waals surface area contributed by atoms with Crippen LogP contribution in [0.1, 0.15) is 10.4 Å². The smallest absolute Gasteiger partial charge is 0.259 e. The van der Waals surface area contributed by atoms with Crippen LogP contribution in [0.15, 0.2) is 46.9 Å². The molecule has 0 spiro atoms. The first-order valence-corrected chi connectivity index (χ1v) is 6.36. The summed E-state index contributed by atoms with van der Waals surface area (Å²) in [5, 5.41) is 3.09. The fourth-order valence-electron chi connectivity index (χ4n) is 1.53. The van der Waals surface area contributed by atoms with Crippen LogP contribution in [0.25, 0.3) is 0 Å². The van der Waals surface area contributed by atoms with Crippen LogP contribution in [-0.4, -0.2) is 5.91 Å². The molecule has 2 aromatic carbocycles. The lowest BCUT2D eigenvalue weighted by molar-refractivity contribution is 0.102. The highest BCUT2D eigenvalue weighted by Crippen LogP contribution is 2.26. The summed E-state index contributed by atoms with van der Waals surface area (Å²) in [6.45, 7) is 0. The zero-order chi connectivity index (χ0) is 13.1. The molecule has 3 N–H and O–H groups in total. The number of amides is 1. The van der Waals surface area contributed by atoms with Gasteiger partial charge in [0.25, 0.3) is 5.91 Å². The van der Waals surface area contributed by atoms with Crippen molar-refractivity contribution in [1.82, 2.24) is 0 Å². The molecular formula is C13H10BrClN2O. The molecule has 0 heterocycles. The summed E-state index contributed by atoms with van der Waals surface area (Å²) < 4.78 is 0.795. The Morgan fingerprint density at radius 3 is 2.56 bits per heavy atom. The van der Waals surface area contributed by atoms with E-state index in [0.29, 0.717) is 16.4 Å². The Hall–Kier alpha value is -1.52. The third-order valence-corrected chi connectivity index (χ3v) is 3.40. The molecule has 0 atom stereocenters. The molecule has 0 bridgehead atoms. The minimum atomic E-state index is -0.329. The molecule has 18 heavy (non-hydrogen) atoms. The number of nitrogens with two attached hydrogens (primary N) is 1. The molecule has 92 valence electrons. The van der Waals surface area contributed by atoms with E-state index in [4.69, 9.17) is 17.3 Å². The maximum absolute atomic E-state index is 12.1. The monoisotopic (exact) mass is 324 g/mol. The molecule has 0 unspecified atom stereocenters. The fourth-order valence-corrected chi connectivity index (χ4v) is 2.18. The number of carbonyl (C=O) groups is 1. The second kappa shape index (κ2) is 5.42. The van der Waals surface area contributed by atoms with Crippen molar-refractivity contribution >= 4 is 44.8 Å². The third kappa shape index (κ3) is 2.66. The first kappa shape index (κ1) is 12.9. The van der Waals surface area contributed by atoms with Crippen LogP contribution in [0, 0.1) is 0 Å². The summed E-state index contributed by atoms with van der Waals surface area (Å²) in [5.74, 6) is -0.329. The Labute approximate surface area is 118 Å². The number of benzene rings is 2. The van der Waals surface area contributed by atoms with E-state index in [1.807, 2.05) is 18.2 Å². The average molecular weight is 326 g/mol.